The van der Waals surface area contributed by atoms with Gasteiger partial charge in [0.05, 0.1) is 12.5 Å². The Balaban J connectivity index is 1.69. The number of nitrogens with zero attached hydrogens (tertiary/aromatic N) is 1. The largest absolute Gasteiger partial charge is 0.544 e. The first kappa shape index (κ1) is 19.3. The lowest BCUT2D eigenvalue weighted by Gasteiger charge is -2.53. The van der Waals surface area contributed by atoms with Gasteiger partial charge in [0.1, 0.15) is 5.76 Å². The summed E-state index contributed by atoms with van der Waals surface area (Å²) in [4.78, 5) is 2.51. The molecule has 0 N–H and O–H groups in total. The average molecular weight is 412 g/mol. The van der Waals surface area contributed by atoms with Crippen molar-refractivity contribution in [2.75, 3.05) is 20.7 Å². The molecule has 0 unspecified atom stereocenters. The van der Waals surface area contributed by atoms with Gasteiger partial charge in [0.15, 0.2) is 17.6 Å². The lowest BCUT2D eigenvalue weighted by molar-refractivity contribution is 0.0864. The lowest BCUT2D eigenvalue weighted by atomic mass is 9.57. The Labute approximate surface area is 175 Å². The summed E-state index contributed by atoms with van der Waals surface area (Å²) in [5, 5.41) is 0.145. The second-order valence-electron chi connectivity index (χ2n) is 10.6. The van der Waals surface area contributed by atoms with Crippen LogP contribution in [0.15, 0.2) is 35.6 Å². The van der Waals surface area contributed by atoms with Crippen molar-refractivity contribution < 1.29 is 13.9 Å². The van der Waals surface area contributed by atoms with Gasteiger partial charge in [-0.3, -0.25) is 4.90 Å². The molecule has 2 heterocycles. The Morgan fingerprint density at radius 1 is 1.21 bits per heavy atom. The zero-order valence-electron chi connectivity index (χ0n) is 18.8. The summed E-state index contributed by atoms with van der Waals surface area (Å²) in [6.45, 7) is 12.6. The van der Waals surface area contributed by atoms with Crippen LogP contribution in [0, 0.1) is 0 Å². The van der Waals surface area contributed by atoms with E-state index < -0.39 is 8.32 Å². The molecule has 29 heavy (non-hydrogen) atoms. The molecule has 2 bridgehead atoms. The topological polar surface area (TPSA) is 30.9 Å². The Morgan fingerprint density at radius 3 is 2.66 bits per heavy atom. The molecule has 0 aromatic heterocycles. The fourth-order valence-corrected chi connectivity index (χ4v) is 6.53. The quantitative estimate of drug-likeness (QED) is 0.669. The van der Waals surface area contributed by atoms with E-state index >= 15 is 0 Å². The third-order valence-electron chi connectivity index (χ3n) is 8.10. The predicted octanol–water partition coefficient (Wildman–Crippen LogP) is 4.80. The standard InChI is InChI=1S/C24H33NO3Si/c1-23(2,3)29(6,7)28-19-11-9-16-17-14-15-8-10-18(26-5)21-20(15)24(16,22(19)27-21)12-13-25(17)4/h8-11,17,22H,12-14H2,1-7H3/t17-,22+,24+/m1/s1. The SMILES string of the molecule is COc1ccc2c3c1O[C@H]1C(O[Si](C)(C)C(C)(C)C)=CC=C4[C@@H](C2)N(C)CC[C@]431. The highest BCUT2D eigenvalue weighted by atomic mass is 28.4. The van der Waals surface area contributed by atoms with Gasteiger partial charge in [-0.25, -0.2) is 0 Å². The number of benzene rings is 1. The van der Waals surface area contributed by atoms with Gasteiger partial charge in [0, 0.05) is 11.6 Å². The molecule has 1 spiro atoms. The Bertz CT molecular complexity index is 942. The van der Waals surface area contributed by atoms with Gasteiger partial charge in [-0.15, -0.1) is 0 Å². The molecule has 4 aliphatic rings. The Kier molecular flexibility index (Phi) is 3.93. The Hall–Kier alpha value is -1.72. The Morgan fingerprint density at radius 2 is 1.97 bits per heavy atom. The first-order valence-electron chi connectivity index (χ1n) is 10.8. The summed E-state index contributed by atoms with van der Waals surface area (Å²) >= 11 is 0. The summed E-state index contributed by atoms with van der Waals surface area (Å²) < 4.78 is 19.3. The molecule has 0 radical (unpaired) electrons. The van der Waals surface area contributed by atoms with Crippen molar-refractivity contribution >= 4 is 8.32 Å². The maximum absolute atomic E-state index is 6.86. The third-order valence-corrected chi connectivity index (χ3v) is 12.5. The van der Waals surface area contributed by atoms with E-state index in [1.54, 1.807) is 7.11 Å². The number of ether oxygens (including phenoxy) is 2. The van der Waals surface area contributed by atoms with Gasteiger partial charge in [0.25, 0.3) is 0 Å². The van der Waals surface area contributed by atoms with Crippen molar-refractivity contribution in [3.05, 3.63) is 46.7 Å². The highest BCUT2D eigenvalue weighted by Gasteiger charge is 2.62. The summed E-state index contributed by atoms with van der Waals surface area (Å²) in [5.41, 5.74) is 4.16. The monoisotopic (exact) mass is 411 g/mol. The molecule has 2 aliphatic carbocycles. The van der Waals surface area contributed by atoms with E-state index in [2.05, 4.69) is 70.1 Å². The first-order chi connectivity index (χ1) is 13.6. The second kappa shape index (κ2) is 5.91. The van der Waals surface area contributed by atoms with Gasteiger partial charge < -0.3 is 13.9 Å². The smallest absolute Gasteiger partial charge is 0.250 e. The minimum atomic E-state index is -1.97. The minimum absolute atomic E-state index is 0.0850. The molecule has 2 aliphatic heterocycles. The van der Waals surface area contributed by atoms with Crippen molar-refractivity contribution in [1.29, 1.82) is 0 Å². The molecule has 0 amide bonds. The van der Waals surface area contributed by atoms with Crippen LogP contribution in [0.1, 0.15) is 38.3 Å². The van der Waals surface area contributed by atoms with Crippen LogP contribution in [0.4, 0.5) is 0 Å². The maximum atomic E-state index is 6.86. The van der Waals surface area contributed by atoms with Gasteiger partial charge in [-0.1, -0.05) is 32.9 Å². The van der Waals surface area contributed by atoms with Crippen molar-refractivity contribution in [3.8, 4) is 11.5 Å². The van der Waals surface area contributed by atoms with Crippen LogP contribution in [-0.2, 0) is 16.3 Å². The fraction of sp³-hybridized carbons (Fsp3) is 0.583. The molecular weight excluding hydrogens is 378 g/mol. The highest BCUT2D eigenvalue weighted by Crippen LogP contribution is 2.62. The number of hydrogen-bond donors (Lipinski definition) is 0. The van der Waals surface area contributed by atoms with E-state index in [0.717, 1.165) is 36.6 Å². The maximum Gasteiger partial charge on any atom is 0.250 e. The summed E-state index contributed by atoms with van der Waals surface area (Å²) in [5.74, 6) is 2.79. The molecule has 156 valence electrons. The number of piperidine rings is 1. The van der Waals surface area contributed by atoms with Crippen LogP contribution in [0.2, 0.25) is 18.1 Å². The van der Waals surface area contributed by atoms with Gasteiger partial charge in [-0.05, 0) is 67.8 Å². The van der Waals surface area contributed by atoms with Crippen molar-refractivity contribution in [1.82, 2.24) is 4.90 Å². The molecule has 5 rings (SSSR count). The highest BCUT2D eigenvalue weighted by molar-refractivity contribution is 6.74. The molecule has 1 aromatic carbocycles. The third kappa shape index (κ3) is 2.40. The minimum Gasteiger partial charge on any atom is -0.544 e. The second-order valence-corrected chi connectivity index (χ2v) is 15.3. The average Bonchev–Trinajstić information content (AvgIpc) is 3.00. The first-order valence-corrected chi connectivity index (χ1v) is 13.7. The van der Waals surface area contributed by atoms with Crippen LogP contribution in [0.5, 0.6) is 11.5 Å². The van der Waals surface area contributed by atoms with Gasteiger partial charge in [0.2, 0.25) is 8.32 Å². The van der Waals surface area contributed by atoms with E-state index in [9.17, 15) is 0 Å². The van der Waals surface area contributed by atoms with Gasteiger partial charge >= 0.3 is 0 Å². The van der Waals surface area contributed by atoms with Crippen LogP contribution < -0.4 is 9.47 Å². The van der Waals surface area contributed by atoms with Crippen LogP contribution in [0.25, 0.3) is 0 Å². The number of likely N-dealkylation sites (tertiary alicyclic amines) is 1. The number of rotatable bonds is 3. The van der Waals surface area contributed by atoms with E-state index in [0.29, 0.717) is 6.04 Å². The van der Waals surface area contributed by atoms with E-state index in [-0.39, 0.29) is 16.6 Å². The normalized spacial score (nSPS) is 30.2. The molecule has 1 saturated heterocycles. The number of methoxy groups -OCH3 is 1. The van der Waals surface area contributed by atoms with E-state index in [4.69, 9.17) is 13.9 Å². The summed E-state index contributed by atoms with van der Waals surface area (Å²) in [6, 6.07) is 4.76. The number of likely N-dealkylation sites (N-methyl/N-ethyl adjacent to an activating group) is 1. The van der Waals surface area contributed by atoms with E-state index in [1.165, 1.54) is 16.7 Å². The molecule has 1 fully saturated rings. The van der Waals surface area contributed by atoms with Crippen LogP contribution in [0.3, 0.4) is 0 Å². The lowest BCUT2D eigenvalue weighted by Crippen LogP contribution is -2.59. The van der Waals surface area contributed by atoms with Crippen LogP contribution >= 0.6 is 0 Å². The summed E-state index contributed by atoms with van der Waals surface area (Å²) in [6.07, 6.45) is 6.56. The fourth-order valence-electron chi connectivity index (χ4n) is 5.46. The number of hydrogen-bond acceptors (Lipinski definition) is 4. The van der Waals surface area contributed by atoms with Crippen molar-refractivity contribution in [2.45, 2.75) is 69.3 Å². The van der Waals surface area contributed by atoms with E-state index in [1.807, 2.05) is 0 Å². The molecule has 0 saturated carbocycles. The zero-order chi connectivity index (χ0) is 20.8. The molecule has 4 nitrogen and oxygen atoms in total. The molecule has 1 aromatic rings. The molecule has 5 heteroatoms. The molecule has 3 atom stereocenters. The molecular formula is C24H33NO3Si. The van der Waals surface area contributed by atoms with Gasteiger partial charge in [-0.2, -0.15) is 0 Å². The summed E-state index contributed by atoms with van der Waals surface area (Å²) in [7, 11) is 2.02. The zero-order valence-corrected chi connectivity index (χ0v) is 19.8. The van der Waals surface area contributed by atoms with Crippen molar-refractivity contribution in [2.24, 2.45) is 0 Å². The predicted molar refractivity (Wildman–Crippen MR) is 118 cm³/mol. The van der Waals surface area contributed by atoms with Crippen LogP contribution in [-0.4, -0.2) is 46.1 Å². The van der Waals surface area contributed by atoms with Crippen molar-refractivity contribution in [3.63, 3.8) is 0 Å². The number of allylic oxidation sites excluding steroid dienone is 2.